The number of hydrogen-bond donors (Lipinski definition) is 1. The van der Waals surface area contributed by atoms with Crippen LogP contribution in [-0.4, -0.2) is 38.3 Å². The molecule has 0 fully saturated rings. The van der Waals surface area contributed by atoms with Crippen molar-refractivity contribution in [2.75, 3.05) is 6.61 Å². The Hall–Kier alpha value is -1.92. The largest absolute Gasteiger partial charge is 0.475 e. The molecule has 0 unspecified atom stereocenters. The smallest absolute Gasteiger partial charge is 0.375 e. The molecule has 68 valence electrons. The van der Waals surface area contributed by atoms with Gasteiger partial charge in [-0.3, -0.25) is 0 Å². The highest BCUT2D eigenvalue weighted by molar-refractivity contribution is 5.86. The molecule has 0 aromatic carbocycles. The van der Waals surface area contributed by atoms with Crippen molar-refractivity contribution in [3.05, 3.63) is 12.2 Å². The third kappa shape index (κ3) is 1.35. The summed E-state index contributed by atoms with van der Waals surface area (Å²) in [6.45, 7) is 0.498. The fraction of sp³-hybridized carbons (Fsp3) is 0.333. The van der Waals surface area contributed by atoms with Crippen LogP contribution in [0.4, 0.5) is 0 Å². The normalized spacial score (nSPS) is 15.2. The minimum absolute atomic E-state index is 0.241. The molecule has 0 aliphatic carbocycles. The van der Waals surface area contributed by atoms with E-state index in [1.54, 1.807) is 0 Å². The van der Waals surface area contributed by atoms with E-state index in [-0.39, 0.29) is 5.82 Å². The SMILES string of the molecule is O=C(O)c1ncn(C2=NOCC2)n1. The number of aromatic carboxylic acids is 1. The summed E-state index contributed by atoms with van der Waals surface area (Å²) in [5, 5.41) is 15.9. The fourth-order valence-corrected chi connectivity index (χ4v) is 0.945. The summed E-state index contributed by atoms with van der Waals surface area (Å²) in [5.74, 6) is -0.826. The predicted molar refractivity (Wildman–Crippen MR) is 40.4 cm³/mol. The molecule has 0 saturated carbocycles. The maximum Gasteiger partial charge on any atom is 0.375 e. The second kappa shape index (κ2) is 2.85. The van der Waals surface area contributed by atoms with Crippen LogP contribution in [0.15, 0.2) is 11.5 Å². The van der Waals surface area contributed by atoms with Crippen molar-refractivity contribution >= 4 is 11.8 Å². The molecule has 0 radical (unpaired) electrons. The maximum atomic E-state index is 10.4. The van der Waals surface area contributed by atoms with E-state index >= 15 is 0 Å². The molecule has 1 N–H and O–H groups in total. The van der Waals surface area contributed by atoms with E-state index in [1.165, 1.54) is 11.0 Å². The summed E-state index contributed by atoms with van der Waals surface area (Å²) in [4.78, 5) is 18.7. The van der Waals surface area contributed by atoms with Gasteiger partial charge in [0.1, 0.15) is 12.9 Å². The van der Waals surface area contributed by atoms with Crippen LogP contribution in [0, 0.1) is 0 Å². The Kier molecular flexibility index (Phi) is 1.69. The molecule has 0 atom stereocenters. The molecule has 2 heterocycles. The number of nitrogens with zero attached hydrogens (tertiary/aromatic N) is 4. The second-order valence-corrected chi connectivity index (χ2v) is 2.41. The molecule has 7 heteroatoms. The Morgan fingerprint density at radius 3 is 3.08 bits per heavy atom. The number of hydrogen-bond acceptors (Lipinski definition) is 5. The minimum Gasteiger partial charge on any atom is -0.475 e. The van der Waals surface area contributed by atoms with Crippen LogP contribution >= 0.6 is 0 Å². The second-order valence-electron chi connectivity index (χ2n) is 2.41. The van der Waals surface area contributed by atoms with Gasteiger partial charge in [0.05, 0.1) is 0 Å². The predicted octanol–water partition coefficient (Wildman–Crippen LogP) is -0.442. The highest BCUT2D eigenvalue weighted by Crippen LogP contribution is 2.01. The molecule has 1 aromatic heterocycles. The number of carboxylic acid groups (broad SMARTS) is 1. The number of aromatic nitrogens is 3. The summed E-state index contributed by atoms with van der Waals surface area (Å²) in [5.41, 5.74) is 0. The van der Waals surface area contributed by atoms with E-state index in [2.05, 4.69) is 15.2 Å². The van der Waals surface area contributed by atoms with E-state index in [4.69, 9.17) is 9.94 Å². The van der Waals surface area contributed by atoms with Crippen LogP contribution in [0.5, 0.6) is 0 Å². The van der Waals surface area contributed by atoms with Crippen molar-refractivity contribution in [2.24, 2.45) is 5.16 Å². The lowest BCUT2D eigenvalue weighted by Gasteiger charge is -1.92. The number of oxime groups is 1. The van der Waals surface area contributed by atoms with Gasteiger partial charge in [0, 0.05) is 6.42 Å². The molecule has 1 aliphatic heterocycles. The fourth-order valence-electron chi connectivity index (χ4n) is 0.945. The van der Waals surface area contributed by atoms with Gasteiger partial charge in [-0.2, -0.15) is 0 Å². The van der Waals surface area contributed by atoms with Crippen molar-refractivity contribution in [1.29, 1.82) is 0 Å². The first kappa shape index (κ1) is 7.71. The van der Waals surface area contributed by atoms with E-state index < -0.39 is 5.97 Å². The average molecular weight is 182 g/mol. The van der Waals surface area contributed by atoms with Gasteiger partial charge in [-0.1, -0.05) is 5.16 Å². The van der Waals surface area contributed by atoms with Crippen LogP contribution in [-0.2, 0) is 4.84 Å². The monoisotopic (exact) mass is 182 g/mol. The Morgan fingerprint density at radius 2 is 2.54 bits per heavy atom. The highest BCUT2D eigenvalue weighted by Gasteiger charge is 2.15. The molecule has 0 amide bonds. The first-order valence-electron chi connectivity index (χ1n) is 3.61. The molecule has 1 aromatic rings. The van der Waals surface area contributed by atoms with Crippen molar-refractivity contribution in [2.45, 2.75) is 6.42 Å². The molecule has 0 bridgehead atoms. The maximum absolute atomic E-state index is 10.4. The lowest BCUT2D eigenvalue weighted by atomic mass is 10.4. The zero-order chi connectivity index (χ0) is 9.26. The van der Waals surface area contributed by atoms with Crippen LogP contribution in [0.3, 0.4) is 0 Å². The third-order valence-electron chi connectivity index (χ3n) is 1.53. The third-order valence-corrected chi connectivity index (χ3v) is 1.53. The van der Waals surface area contributed by atoms with Crippen LogP contribution < -0.4 is 0 Å². The Bertz CT molecular complexity index is 370. The van der Waals surface area contributed by atoms with E-state index in [0.29, 0.717) is 18.9 Å². The van der Waals surface area contributed by atoms with Crippen molar-refractivity contribution in [3.63, 3.8) is 0 Å². The molecule has 7 nitrogen and oxygen atoms in total. The highest BCUT2D eigenvalue weighted by atomic mass is 16.6. The summed E-state index contributed by atoms with van der Waals surface area (Å²) in [7, 11) is 0. The molecule has 0 spiro atoms. The zero-order valence-corrected chi connectivity index (χ0v) is 6.54. The number of carbonyl (C=O) groups is 1. The van der Waals surface area contributed by atoms with Crippen LogP contribution in [0.2, 0.25) is 0 Å². The average Bonchev–Trinajstić information content (AvgIpc) is 2.75. The first-order valence-corrected chi connectivity index (χ1v) is 3.61. The summed E-state index contributed by atoms with van der Waals surface area (Å²) < 4.78 is 1.30. The summed E-state index contributed by atoms with van der Waals surface area (Å²) in [6, 6.07) is 0. The number of carboxylic acids is 1. The molecular weight excluding hydrogens is 176 g/mol. The van der Waals surface area contributed by atoms with Gasteiger partial charge < -0.3 is 9.94 Å². The standard InChI is InChI=1S/C6H6N4O3/c11-6(12)5-7-3-10(8-5)4-1-2-13-9-4/h3H,1-2H2,(H,11,12). The van der Waals surface area contributed by atoms with Gasteiger partial charge in [0.15, 0.2) is 5.84 Å². The Balaban J connectivity index is 2.27. The molecule has 1 aliphatic rings. The van der Waals surface area contributed by atoms with Crippen LogP contribution in [0.1, 0.15) is 17.0 Å². The van der Waals surface area contributed by atoms with Crippen molar-refractivity contribution in [1.82, 2.24) is 14.8 Å². The molecule has 2 rings (SSSR count). The van der Waals surface area contributed by atoms with Gasteiger partial charge in [0.25, 0.3) is 5.82 Å². The van der Waals surface area contributed by atoms with Crippen molar-refractivity contribution in [3.8, 4) is 0 Å². The van der Waals surface area contributed by atoms with E-state index in [9.17, 15) is 4.79 Å². The summed E-state index contributed by atoms with van der Waals surface area (Å²) in [6.07, 6.45) is 1.92. The quantitative estimate of drug-likeness (QED) is 0.635. The molecule has 0 saturated heterocycles. The minimum atomic E-state index is -1.15. The lowest BCUT2D eigenvalue weighted by Crippen LogP contribution is -2.11. The van der Waals surface area contributed by atoms with Crippen molar-refractivity contribution < 1.29 is 14.7 Å². The zero-order valence-electron chi connectivity index (χ0n) is 6.54. The van der Waals surface area contributed by atoms with Gasteiger partial charge >= 0.3 is 5.97 Å². The first-order chi connectivity index (χ1) is 6.27. The number of rotatable bonds is 1. The summed E-state index contributed by atoms with van der Waals surface area (Å²) >= 11 is 0. The van der Waals surface area contributed by atoms with Crippen LogP contribution in [0.25, 0.3) is 0 Å². The van der Waals surface area contributed by atoms with E-state index in [1.807, 2.05) is 0 Å². The van der Waals surface area contributed by atoms with E-state index in [0.717, 1.165) is 0 Å². The Labute approximate surface area is 72.6 Å². The topological polar surface area (TPSA) is 89.6 Å². The van der Waals surface area contributed by atoms with Gasteiger partial charge in [-0.05, 0) is 0 Å². The van der Waals surface area contributed by atoms with Gasteiger partial charge in [0.2, 0.25) is 0 Å². The van der Waals surface area contributed by atoms with Gasteiger partial charge in [-0.25, -0.2) is 14.5 Å². The molecular formula is C6H6N4O3. The van der Waals surface area contributed by atoms with Gasteiger partial charge in [-0.15, -0.1) is 5.10 Å². The lowest BCUT2D eigenvalue weighted by molar-refractivity contribution is 0.0684. The Morgan fingerprint density at radius 1 is 1.69 bits per heavy atom. The molecule has 13 heavy (non-hydrogen) atoms.